The Kier molecular flexibility index (Phi) is 8.46. The van der Waals surface area contributed by atoms with Gasteiger partial charge in [0.1, 0.15) is 5.75 Å². The van der Waals surface area contributed by atoms with Gasteiger partial charge in [-0.25, -0.2) is 0 Å². The summed E-state index contributed by atoms with van der Waals surface area (Å²) >= 11 is 0. The number of fused-ring (bicyclic) bond motifs is 5. The van der Waals surface area contributed by atoms with Gasteiger partial charge in [-0.05, 0) is 61.1 Å². The van der Waals surface area contributed by atoms with E-state index < -0.39 is 0 Å². The molecule has 0 aromatic heterocycles. The number of hydrogen-bond acceptors (Lipinski definition) is 7. The van der Waals surface area contributed by atoms with Crippen LogP contribution in [0.4, 0.5) is 0 Å². The van der Waals surface area contributed by atoms with Crippen molar-refractivity contribution in [3.05, 3.63) is 53.6 Å². The number of aliphatic hydroxyl groups excluding tert-OH is 1. The van der Waals surface area contributed by atoms with Crippen LogP contribution in [0.5, 0.6) is 17.2 Å². The summed E-state index contributed by atoms with van der Waals surface area (Å²) in [6, 6.07) is 13.2. The second kappa shape index (κ2) is 12.1. The number of nitrogens with one attached hydrogen (secondary N) is 1. The zero-order chi connectivity index (χ0) is 26.5. The molecule has 204 valence electrons. The summed E-state index contributed by atoms with van der Waals surface area (Å²) in [6.07, 6.45) is 2.43. The van der Waals surface area contributed by atoms with E-state index in [4.69, 9.17) is 14.2 Å². The summed E-state index contributed by atoms with van der Waals surface area (Å²) in [5.41, 5.74) is 1.94. The Morgan fingerprint density at radius 3 is 2.74 bits per heavy atom. The Morgan fingerprint density at radius 2 is 1.92 bits per heavy atom. The van der Waals surface area contributed by atoms with E-state index in [9.17, 15) is 14.7 Å². The first-order valence-electron chi connectivity index (χ1n) is 13.5. The predicted octanol–water partition coefficient (Wildman–Crippen LogP) is 2.49. The van der Waals surface area contributed by atoms with Crippen molar-refractivity contribution < 1.29 is 28.9 Å². The third-order valence-electron chi connectivity index (χ3n) is 7.62. The second-order valence-electron chi connectivity index (χ2n) is 10.4. The van der Waals surface area contributed by atoms with E-state index in [2.05, 4.69) is 10.2 Å². The summed E-state index contributed by atoms with van der Waals surface area (Å²) in [5, 5.41) is 12.9. The van der Waals surface area contributed by atoms with Crippen molar-refractivity contribution in [3.8, 4) is 17.2 Å². The van der Waals surface area contributed by atoms with E-state index in [1.807, 2.05) is 47.4 Å². The first-order valence-corrected chi connectivity index (χ1v) is 13.5. The van der Waals surface area contributed by atoms with Gasteiger partial charge in [-0.15, -0.1) is 0 Å². The van der Waals surface area contributed by atoms with Gasteiger partial charge in [-0.2, -0.15) is 0 Å². The number of methoxy groups -OCH3 is 1. The van der Waals surface area contributed by atoms with Crippen molar-refractivity contribution in [1.82, 2.24) is 15.1 Å². The molecule has 2 aromatic rings. The van der Waals surface area contributed by atoms with Crippen LogP contribution in [-0.2, 0) is 27.4 Å². The first kappa shape index (κ1) is 26.5. The number of carbonyl (C=O) groups excluding carboxylic acids is 2. The van der Waals surface area contributed by atoms with Gasteiger partial charge in [0.05, 0.1) is 38.5 Å². The van der Waals surface area contributed by atoms with Crippen molar-refractivity contribution >= 4 is 11.8 Å². The lowest BCUT2D eigenvalue weighted by Gasteiger charge is -2.40. The molecule has 2 N–H and O–H groups in total. The summed E-state index contributed by atoms with van der Waals surface area (Å²) in [5.74, 6) is 1.90. The van der Waals surface area contributed by atoms with Crippen LogP contribution in [0.15, 0.2) is 42.5 Å². The van der Waals surface area contributed by atoms with Crippen LogP contribution in [0.25, 0.3) is 0 Å². The minimum Gasteiger partial charge on any atom is -0.493 e. The van der Waals surface area contributed by atoms with Gasteiger partial charge in [-0.3, -0.25) is 14.5 Å². The normalized spacial score (nSPS) is 23.3. The molecule has 5 rings (SSSR count). The number of carbonyl (C=O) groups is 2. The number of rotatable bonds is 3. The smallest absolute Gasteiger partial charge is 0.236 e. The van der Waals surface area contributed by atoms with Crippen LogP contribution < -0.4 is 14.8 Å². The molecule has 0 unspecified atom stereocenters. The second-order valence-corrected chi connectivity index (χ2v) is 10.4. The van der Waals surface area contributed by atoms with E-state index in [0.29, 0.717) is 75.6 Å². The van der Waals surface area contributed by atoms with Crippen molar-refractivity contribution in [2.75, 3.05) is 39.8 Å². The molecule has 0 radical (unpaired) electrons. The van der Waals surface area contributed by atoms with Gasteiger partial charge >= 0.3 is 0 Å². The maximum Gasteiger partial charge on any atom is 0.236 e. The molecule has 2 amide bonds. The first-order chi connectivity index (χ1) is 18.5. The van der Waals surface area contributed by atoms with Crippen LogP contribution in [-0.4, -0.2) is 84.8 Å². The molecule has 3 aliphatic rings. The maximum atomic E-state index is 13.1. The Morgan fingerprint density at radius 1 is 1.08 bits per heavy atom. The van der Waals surface area contributed by atoms with Crippen LogP contribution >= 0.6 is 0 Å². The molecule has 0 saturated carbocycles. The fraction of sp³-hybridized carbons (Fsp3) is 0.517. The highest BCUT2D eigenvalue weighted by molar-refractivity contribution is 5.79. The number of benzene rings is 2. The molecule has 0 aliphatic carbocycles. The summed E-state index contributed by atoms with van der Waals surface area (Å²) in [7, 11) is 1.61. The van der Waals surface area contributed by atoms with Crippen molar-refractivity contribution in [1.29, 1.82) is 0 Å². The minimum atomic E-state index is -0.292. The van der Waals surface area contributed by atoms with E-state index in [1.165, 1.54) is 0 Å². The minimum absolute atomic E-state index is 0.0561. The molecule has 0 spiro atoms. The molecule has 2 atom stereocenters. The lowest BCUT2D eigenvalue weighted by Crippen LogP contribution is -2.58. The third kappa shape index (κ3) is 6.64. The Bertz CT molecular complexity index is 1130. The van der Waals surface area contributed by atoms with E-state index in [0.717, 1.165) is 24.2 Å². The molecule has 2 aromatic carbocycles. The monoisotopic (exact) mass is 523 g/mol. The van der Waals surface area contributed by atoms with Gasteiger partial charge in [0.2, 0.25) is 11.8 Å². The van der Waals surface area contributed by atoms with Crippen molar-refractivity contribution in [3.63, 3.8) is 0 Å². The quantitative estimate of drug-likeness (QED) is 0.638. The van der Waals surface area contributed by atoms with E-state index in [1.54, 1.807) is 7.11 Å². The Labute approximate surface area is 223 Å². The van der Waals surface area contributed by atoms with E-state index >= 15 is 0 Å². The number of aryl methyl sites for hydroxylation is 1. The predicted molar refractivity (Wildman–Crippen MR) is 141 cm³/mol. The van der Waals surface area contributed by atoms with Crippen molar-refractivity contribution in [2.45, 2.75) is 57.0 Å². The standard InChI is InChI=1S/C29H37N3O6/c1-36-26-7-5-20-6-8-28(34)30-24-17-32(29(35)18-31-12-9-22(33)10-13-31)14-11-25(24)37-19-21-3-2-4-23(15-21)38-27(26)16-20/h2-5,7,15-16,22,24-25,33H,6,8-14,17-19H2,1H3,(H,30,34)/t24-,25+/m0/s1. The SMILES string of the molecule is COc1ccc2cc1Oc1cccc(c1)CO[C@@H]1CCN(C(=O)CN3CCC(O)CC3)C[C@@H]1NC(=O)CC2. The zero-order valence-corrected chi connectivity index (χ0v) is 21.9. The molecule has 38 heavy (non-hydrogen) atoms. The summed E-state index contributed by atoms with van der Waals surface area (Å²) < 4.78 is 18.0. The van der Waals surface area contributed by atoms with Crippen LogP contribution in [0.1, 0.15) is 36.8 Å². The lowest BCUT2D eigenvalue weighted by molar-refractivity contribution is -0.138. The molecule has 2 fully saturated rings. The molecule has 2 saturated heterocycles. The third-order valence-corrected chi connectivity index (χ3v) is 7.62. The average molecular weight is 524 g/mol. The Balaban J connectivity index is 1.31. The number of hydrogen-bond donors (Lipinski definition) is 2. The van der Waals surface area contributed by atoms with Crippen LogP contribution in [0.2, 0.25) is 0 Å². The van der Waals surface area contributed by atoms with E-state index in [-0.39, 0.29) is 30.1 Å². The number of ether oxygens (including phenoxy) is 3. The highest BCUT2D eigenvalue weighted by atomic mass is 16.5. The highest BCUT2D eigenvalue weighted by Gasteiger charge is 2.34. The molecular weight excluding hydrogens is 486 g/mol. The summed E-state index contributed by atoms with van der Waals surface area (Å²) in [4.78, 5) is 30.1. The number of amides is 2. The van der Waals surface area contributed by atoms with Gasteiger partial charge in [-0.1, -0.05) is 18.2 Å². The largest absolute Gasteiger partial charge is 0.493 e. The van der Waals surface area contributed by atoms with Crippen LogP contribution in [0, 0.1) is 0 Å². The fourth-order valence-corrected chi connectivity index (χ4v) is 5.39. The van der Waals surface area contributed by atoms with Gasteiger partial charge in [0.15, 0.2) is 11.5 Å². The fourth-order valence-electron chi connectivity index (χ4n) is 5.39. The average Bonchev–Trinajstić information content (AvgIpc) is 2.92. The molecule has 3 heterocycles. The molecule has 4 bridgehead atoms. The number of nitrogens with zero attached hydrogens (tertiary/aromatic N) is 2. The molecule has 9 heteroatoms. The number of likely N-dealkylation sites (tertiary alicyclic amines) is 2. The van der Waals surface area contributed by atoms with Crippen LogP contribution in [0.3, 0.4) is 0 Å². The number of piperidine rings is 2. The maximum absolute atomic E-state index is 13.1. The molecular formula is C29H37N3O6. The van der Waals surface area contributed by atoms with Gasteiger partial charge in [0.25, 0.3) is 0 Å². The Hall–Kier alpha value is -3.14. The van der Waals surface area contributed by atoms with Gasteiger partial charge < -0.3 is 29.5 Å². The summed E-state index contributed by atoms with van der Waals surface area (Å²) in [6.45, 7) is 3.16. The zero-order valence-electron chi connectivity index (χ0n) is 21.9. The van der Waals surface area contributed by atoms with Crippen molar-refractivity contribution in [2.24, 2.45) is 0 Å². The highest BCUT2D eigenvalue weighted by Crippen LogP contribution is 2.33. The topological polar surface area (TPSA) is 101 Å². The molecule has 3 aliphatic heterocycles. The van der Waals surface area contributed by atoms with Gasteiger partial charge in [0, 0.05) is 32.6 Å². The lowest BCUT2D eigenvalue weighted by atomic mass is 10.0. The number of aliphatic hydroxyl groups is 1. The molecule has 9 nitrogen and oxygen atoms in total.